The van der Waals surface area contributed by atoms with Crippen LogP contribution in [0.3, 0.4) is 0 Å². The predicted octanol–water partition coefficient (Wildman–Crippen LogP) is 2.88. The third kappa shape index (κ3) is 4.65. The van der Waals surface area contributed by atoms with Crippen LogP contribution in [0.25, 0.3) is 0 Å². The molecule has 2 spiro atoms. The first-order valence-electron chi connectivity index (χ1n) is 18.4. The summed E-state index contributed by atoms with van der Waals surface area (Å²) in [5, 5.41) is 64.5. The zero-order chi connectivity index (χ0) is 35.9. The van der Waals surface area contributed by atoms with Crippen molar-refractivity contribution in [2.24, 2.45) is 38.9 Å². The lowest BCUT2D eigenvalue weighted by molar-refractivity contribution is -0.325. The maximum atomic E-state index is 12.4. The molecular weight excluding hydrogens is 632 g/mol. The van der Waals surface area contributed by atoms with Crippen molar-refractivity contribution < 1.29 is 54.4 Å². The van der Waals surface area contributed by atoms with Gasteiger partial charge in [-0.15, -0.1) is 0 Å². The zero-order valence-corrected chi connectivity index (χ0v) is 30.3. The van der Waals surface area contributed by atoms with E-state index in [1.165, 1.54) is 12.5 Å². The van der Waals surface area contributed by atoms with Crippen molar-refractivity contribution in [2.75, 3.05) is 6.61 Å². The van der Waals surface area contributed by atoms with Crippen LogP contribution in [-0.4, -0.2) is 104 Å². The quantitative estimate of drug-likeness (QED) is 0.179. The van der Waals surface area contributed by atoms with E-state index in [2.05, 4.69) is 40.7 Å². The molecule has 11 heteroatoms. The monoisotopic (exact) mass is 690 g/mol. The maximum Gasteiger partial charge on any atom is 0.303 e. The molecule has 2 heterocycles. The number of carbonyl (C=O) groups is 1. The van der Waals surface area contributed by atoms with Gasteiger partial charge in [-0.25, -0.2) is 0 Å². The number of aliphatic hydroxyl groups is 6. The molecule has 7 aliphatic rings. The minimum absolute atomic E-state index is 0.0410. The Bertz CT molecular complexity index is 1430. The van der Waals surface area contributed by atoms with E-state index in [1.807, 2.05) is 0 Å². The van der Waals surface area contributed by atoms with Crippen molar-refractivity contribution in [1.29, 1.82) is 0 Å². The van der Waals surface area contributed by atoms with E-state index < -0.39 is 72.6 Å². The smallest absolute Gasteiger partial charge is 0.303 e. The summed E-state index contributed by atoms with van der Waals surface area (Å²) in [5.74, 6) is 0.435. The number of esters is 1. The van der Waals surface area contributed by atoms with Gasteiger partial charge in [0, 0.05) is 17.8 Å². The van der Waals surface area contributed by atoms with Gasteiger partial charge in [0.25, 0.3) is 0 Å². The molecule has 2 aliphatic heterocycles. The number of hydrogen-bond donors (Lipinski definition) is 6. The first kappa shape index (κ1) is 35.8. The van der Waals surface area contributed by atoms with Crippen LogP contribution in [0.4, 0.5) is 0 Å². The Kier molecular flexibility index (Phi) is 8.20. The second-order valence-corrected chi connectivity index (χ2v) is 18.2. The standard InChI is InChI=1S/C38H58O11/c1-18-15-20(31(34(5,6)45)46-19(2)40)47-29-25(18)35(7)13-14-38-17-37(38)12-11-24(49-32-28(43)27(42)26(41)21(16-39)48-32)33(3,4)22(37)9-10-23(38)36(35,8)30(29)44/h10,18,20-22,24,26-28,30-32,39,41-45H,9,11-17H2,1-8H3/t18-,20-,21-,22+,24+,26+,27+,28-,30-,31-,32+,35-,36-,37-,38+/m1/s1. The van der Waals surface area contributed by atoms with Gasteiger partial charge in [-0.1, -0.05) is 46.3 Å². The lowest BCUT2D eigenvalue weighted by atomic mass is 9.44. The second kappa shape index (κ2) is 11.2. The molecule has 11 nitrogen and oxygen atoms in total. The Hall–Kier alpha value is -1.57. The molecule has 0 unspecified atom stereocenters. The molecule has 15 atom stereocenters. The number of allylic oxidation sites excluding steroid dienone is 2. The summed E-state index contributed by atoms with van der Waals surface area (Å²) in [6.07, 6.45) is -0.790. The molecule has 0 aromatic carbocycles. The highest BCUT2D eigenvalue weighted by molar-refractivity contribution is 5.66. The minimum Gasteiger partial charge on any atom is -0.488 e. The first-order chi connectivity index (χ1) is 22.7. The Morgan fingerprint density at radius 1 is 1.06 bits per heavy atom. The van der Waals surface area contributed by atoms with Gasteiger partial charge in [0.15, 0.2) is 12.4 Å². The topological polar surface area (TPSA) is 175 Å². The highest BCUT2D eigenvalue weighted by atomic mass is 16.7. The molecule has 3 saturated carbocycles. The van der Waals surface area contributed by atoms with Crippen molar-refractivity contribution >= 4 is 5.97 Å². The lowest BCUT2D eigenvalue weighted by Crippen LogP contribution is -2.61. The molecular formula is C38H58O11. The van der Waals surface area contributed by atoms with E-state index in [1.54, 1.807) is 13.8 Å². The molecule has 0 aromatic heterocycles. The number of rotatable bonds is 6. The predicted molar refractivity (Wildman–Crippen MR) is 176 cm³/mol. The van der Waals surface area contributed by atoms with Crippen molar-refractivity contribution in [3.05, 3.63) is 23.0 Å². The average molecular weight is 691 g/mol. The van der Waals surface area contributed by atoms with Crippen LogP contribution >= 0.6 is 0 Å². The number of ether oxygens (including phenoxy) is 4. The van der Waals surface area contributed by atoms with E-state index in [4.69, 9.17) is 18.9 Å². The van der Waals surface area contributed by atoms with E-state index in [-0.39, 0.29) is 39.6 Å². The normalized spacial score (nSPS) is 50.4. The molecule has 0 radical (unpaired) electrons. The fourth-order valence-corrected chi connectivity index (χ4v) is 12.4. The average Bonchev–Trinajstić information content (AvgIpc) is 3.65. The van der Waals surface area contributed by atoms with Crippen LogP contribution in [0.15, 0.2) is 23.0 Å². The summed E-state index contributed by atoms with van der Waals surface area (Å²) >= 11 is 0. The van der Waals surface area contributed by atoms with Crippen molar-refractivity contribution in [1.82, 2.24) is 0 Å². The largest absolute Gasteiger partial charge is 0.488 e. The molecule has 49 heavy (non-hydrogen) atoms. The van der Waals surface area contributed by atoms with E-state index in [9.17, 15) is 35.4 Å². The van der Waals surface area contributed by atoms with Gasteiger partial charge in [0.1, 0.15) is 42.4 Å². The van der Waals surface area contributed by atoms with Crippen molar-refractivity contribution in [2.45, 2.75) is 161 Å². The van der Waals surface area contributed by atoms with Crippen LogP contribution in [0.2, 0.25) is 0 Å². The van der Waals surface area contributed by atoms with Crippen LogP contribution in [0.5, 0.6) is 0 Å². The number of hydrogen-bond acceptors (Lipinski definition) is 11. The lowest BCUT2D eigenvalue weighted by Gasteiger charge is -2.60. The van der Waals surface area contributed by atoms with Crippen LogP contribution in [0.1, 0.15) is 100 Å². The number of aliphatic hydroxyl groups excluding tert-OH is 5. The summed E-state index contributed by atoms with van der Waals surface area (Å²) in [4.78, 5) is 12.1. The molecule has 0 bridgehead atoms. The first-order valence-corrected chi connectivity index (χ1v) is 18.4. The molecule has 1 saturated heterocycles. The summed E-state index contributed by atoms with van der Waals surface area (Å²) in [6.45, 7) is 15.2. The van der Waals surface area contributed by atoms with Crippen molar-refractivity contribution in [3.63, 3.8) is 0 Å². The molecule has 0 aromatic rings. The molecule has 7 rings (SSSR count). The Morgan fingerprint density at radius 2 is 1.76 bits per heavy atom. The highest BCUT2D eigenvalue weighted by Gasteiger charge is 2.82. The molecule has 4 fully saturated rings. The third-order valence-electron chi connectivity index (χ3n) is 15.0. The fraction of sp³-hybridized carbons (Fsp3) is 0.868. The van der Waals surface area contributed by atoms with Crippen LogP contribution < -0.4 is 0 Å². The van der Waals surface area contributed by atoms with Crippen LogP contribution in [0, 0.1) is 38.9 Å². The third-order valence-corrected chi connectivity index (χ3v) is 15.0. The Balaban J connectivity index is 1.17. The van der Waals surface area contributed by atoms with E-state index in [0.717, 1.165) is 44.1 Å². The van der Waals surface area contributed by atoms with E-state index in [0.29, 0.717) is 12.2 Å². The summed E-state index contributed by atoms with van der Waals surface area (Å²) in [7, 11) is 0. The minimum atomic E-state index is -1.49. The fourth-order valence-electron chi connectivity index (χ4n) is 12.4. The zero-order valence-electron chi connectivity index (χ0n) is 30.3. The Morgan fingerprint density at radius 3 is 2.39 bits per heavy atom. The summed E-state index contributed by atoms with van der Waals surface area (Å²) in [6, 6.07) is 0. The van der Waals surface area contributed by atoms with Gasteiger partial charge in [-0.2, -0.15) is 0 Å². The van der Waals surface area contributed by atoms with E-state index >= 15 is 0 Å². The SMILES string of the molecule is CC(=O)O[C@H]([C@H]1C[C@@H](C)C2=C(O1)[C@@H](O)[C@@]1(C)C3=CC[C@H]4C(C)(C)[C@@H](O[C@@H]5O[C@H](CO)[C@H](O)[C@H](O)[C@H]5O)CC[C@@]45C[C@@]35CC[C@]21C)C(C)(C)O. The number of fused-ring (bicyclic) bond motifs is 3. The molecule has 5 aliphatic carbocycles. The van der Waals surface area contributed by atoms with Gasteiger partial charge < -0.3 is 49.6 Å². The molecule has 0 amide bonds. The summed E-state index contributed by atoms with van der Waals surface area (Å²) in [5.41, 5.74) is -0.0911. The molecule has 276 valence electrons. The van der Waals surface area contributed by atoms with Gasteiger partial charge in [-0.3, -0.25) is 4.79 Å². The van der Waals surface area contributed by atoms with Crippen molar-refractivity contribution in [3.8, 4) is 0 Å². The van der Waals surface area contributed by atoms with Crippen LogP contribution in [-0.2, 0) is 23.7 Å². The van der Waals surface area contributed by atoms with Gasteiger partial charge in [-0.05, 0) is 92.4 Å². The van der Waals surface area contributed by atoms with Gasteiger partial charge in [0.05, 0.1) is 18.3 Å². The maximum absolute atomic E-state index is 12.4. The number of carbonyl (C=O) groups excluding carboxylic acids is 1. The Labute approximate surface area is 289 Å². The highest BCUT2D eigenvalue weighted by Crippen LogP contribution is 2.88. The molecule has 6 N–H and O–H groups in total. The summed E-state index contributed by atoms with van der Waals surface area (Å²) < 4.78 is 24.5. The van der Waals surface area contributed by atoms with Gasteiger partial charge in [0.2, 0.25) is 0 Å². The van der Waals surface area contributed by atoms with Gasteiger partial charge >= 0.3 is 5.97 Å². The second-order valence-electron chi connectivity index (χ2n) is 18.2.